The Hall–Kier alpha value is -2.43. The number of aromatic hydroxyl groups is 2. The summed E-state index contributed by atoms with van der Waals surface area (Å²) < 4.78 is 0. The van der Waals surface area contributed by atoms with E-state index in [9.17, 15) is 5.11 Å². The van der Waals surface area contributed by atoms with Crippen molar-refractivity contribution in [1.82, 2.24) is 9.97 Å². The van der Waals surface area contributed by atoms with E-state index >= 15 is 0 Å². The van der Waals surface area contributed by atoms with Crippen LogP contribution in [0.25, 0.3) is 0 Å². The number of nitrogens with zero attached hydrogens (tertiary/aromatic N) is 3. The largest absolute Gasteiger partial charge is 0.508 e. The number of phenolic OH excluding ortho intramolecular Hbond substituents is 2. The van der Waals surface area contributed by atoms with Gasteiger partial charge in [0.25, 0.3) is 0 Å². The molecule has 0 aliphatic carbocycles. The summed E-state index contributed by atoms with van der Waals surface area (Å²) in [6.45, 7) is 3.73. The van der Waals surface area contributed by atoms with Crippen LogP contribution in [0, 0.1) is 13.8 Å². The molecule has 0 radical (unpaired) electrons. The molecule has 2 rings (SSSR count). The molecule has 2 aromatic rings. The van der Waals surface area contributed by atoms with Gasteiger partial charge in [-0.2, -0.15) is 0 Å². The molecule has 0 atom stereocenters. The third-order valence-corrected chi connectivity index (χ3v) is 2.30. The van der Waals surface area contributed by atoms with E-state index in [2.05, 4.69) is 15.0 Å². The van der Waals surface area contributed by atoms with Gasteiger partial charge in [-0.25, -0.2) is 15.0 Å². The number of rotatable bonds is 2. The van der Waals surface area contributed by atoms with Crippen LogP contribution in [0.1, 0.15) is 17.0 Å². The first-order valence-electron chi connectivity index (χ1n) is 5.43. The minimum Gasteiger partial charge on any atom is -0.508 e. The summed E-state index contributed by atoms with van der Waals surface area (Å²) in [5, 5.41) is 18.8. The van der Waals surface area contributed by atoms with Crippen LogP contribution in [0.2, 0.25) is 0 Å². The Labute approximate surface area is 105 Å². The summed E-state index contributed by atoms with van der Waals surface area (Å²) in [7, 11) is 0. The van der Waals surface area contributed by atoms with Crippen molar-refractivity contribution < 1.29 is 10.2 Å². The maximum absolute atomic E-state index is 9.59. The van der Waals surface area contributed by atoms with Crippen molar-refractivity contribution in [3.8, 4) is 11.5 Å². The van der Waals surface area contributed by atoms with Crippen molar-refractivity contribution in [2.24, 2.45) is 4.99 Å². The van der Waals surface area contributed by atoms with Gasteiger partial charge < -0.3 is 10.2 Å². The number of aryl methyl sites for hydroxylation is 2. The fraction of sp³-hybridized carbons (Fsp3) is 0.154. The molecule has 0 aliphatic rings. The van der Waals surface area contributed by atoms with Gasteiger partial charge in [-0.15, -0.1) is 0 Å². The van der Waals surface area contributed by atoms with Crippen molar-refractivity contribution in [3.63, 3.8) is 0 Å². The molecule has 0 saturated carbocycles. The highest BCUT2D eigenvalue weighted by Crippen LogP contribution is 2.21. The van der Waals surface area contributed by atoms with Crippen molar-refractivity contribution >= 4 is 12.2 Å². The lowest BCUT2D eigenvalue weighted by Gasteiger charge is -2.00. The predicted molar refractivity (Wildman–Crippen MR) is 68.5 cm³/mol. The lowest BCUT2D eigenvalue weighted by atomic mass is 10.2. The first kappa shape index (κ1) is 12.0. The molecule has 0 saturated heterocycles. The summed E-state index contributed by atoms with van der Waals surface area (Å²) in [5.74, 6) is 0.315. The molecule has 5 nitrogen and oxygen atoms in total. The summed E-state index contributed by atoms with van der Waals surface area (Å²) in [4.78, 5) is 12.4. The van der Waals surface area contributed by atoms with Crippen LogP contribution in [-0.4, -0.2) is 26.4 Å². The molecule has 1 aromatic heterocycles. The van der Waals surface area contributed by atoms with Crippen LogP contribution < -0.4 is 0 Å². The molecule has 18 heavy (non-hydrogen) atoms. The summed E-state index contributed by atoms with van der Waals surface area (Å²) in [6.07, 6.45) is 1.46. The average Bonchev–Trinajstić information content (AvgIpc) is 2.26. The number of aliphatic imine (C=N–C) groups is 1. The minimum absolute atomic E-state index is 0.00676. The van der Waals surface area contributed by atoms with E-state index < -0.39 is 0 Å². The van der Waals surface area contributed by atoms with Gasteiger partial charge in [-0.05, 0) is 32.0 Å². The van der Waals surface area contributed by atoms with Gasteiger partial charge in [0.15, 0.2) is 0 Å². The van der Waals surface area contributed by atoms with Gasteiger partial charge in [0.1, 0.15) is 11.5 Å². The molecule has 0 spiro atoms. The van der Waals surface area contributed by atoms with Gasteiger partial charge in [-0.1, -0.05) is 0 Å². The zero-order valence-corrected chi connectivity index (χ0v) is 10.1. The Balaban J connectivity index is 2.29. The van der Waals surface area contributed by atoms with Crippen LogP contribution in [-0.2, 0) is 0 Å². The average molecular weight is 243 g/mol. The van der Waals surface area contributed by atoms with E-state index in [1.165, 1.54) is 18.3 Å². The van der Waals surface area contributed by atoms with E-state index in [0.29, 0.717) is 11.5 Å². The summed E-state index contributed by atoms with van der Waals surface area (Å²) in [6, 6.07) is 6.15. The van der Waals surface area contributed by atoms with Crippen molar-refractivity contribution in [2.45, 2.75) is 13.8 Å². The van der Waals surface area contributed by atoms with Gasteiger partial charge in [0.2, 0.25) is 5.95 Å². The van der Waals surface area contributed by atoms with Crippen LogP contribution >= 0.6 is 0 Å². The third kappa shape index (κ3) is 2.82. The normalized spacial score (nSPS) is 11.0. The number of benzene rings is 1. The Kier molecular flexibility index (Phi) is 3.23. The third-order valence-electron chi connectivity index (χ3n) is 2.30. The molecule has 2 N–H and O–H groups in total. The number of phenols is 2. The van der Waals surface area contributed by atoms with Gasteiger partial charge in [0.05, 0.1) is 0 Å². The van der Waals surface area contributed by atoms with Gasteiger partial charge in [0, 0.05) is 29.2 Å². The summed E-state index contributed by atoms with van der Waals surface area (Å²) in [5.41, 5.74) is 2.17. The predicted octanol–water partition coefficient (Wildman–Crippen LogP) is 2.26. The Morgan fingerprint density at radius 2 is 1.72 bits per heavy atom. The molecule has 0 amide bonds. The topological polar surface area (TPSA) is 78.6 Å². The zero-order valence-electron chi connectivity index (χ0n) is 10.1. The number of hydrogen-bond donors (Lipinski definition) is 2. The minimum atomic E-state index is -0.0388. The lowest BCUT2D eigenvalue weighted by molar-refractivity contribution is 0.450. The molecular weight excluding hydrogens is 230 g/mol. The Bertz CT molecular complexity index is 589. The fourth-order valence-electron chi connectivity index (χ4n) is 1.53. The second-order valence-corrected chi connectivity index (χ2v) is 3.95. The first-order valence-corrected chi connectivity index (χ1v) is 5.43. The molecule has 0 fully saturated rings. The molecule has 92 valence electrons. The highest BCUT2D eigenvalue weighted by atomic mass is 16.3. The van der Waals surface area contributed by atoms with E-state index in [1.807, 2.05) is 19.9 Å². The quantitative estimate of drug-likeness (QED) is 0.793. The Morgan fingerprint density at radius 1 is 1.06 bits per heavy atom. The van der Waals surface area contributed by atoms with Crippen LogP contribution in [0.4, 0.5) is 5.95 Å². The van der Waals surface area contributed by atoms with Gasteiger partial charge in [-0.3, -0.25) is 0 Å². The monoisotopic (exact) mass is 243 g/mol. The second-order valence-electron chi connectivity index (χ2n) is 3.95. The zero-order chi connectivity index (χ0) is 13.1. The maximum Gasteiger partial charge on any atom is 0.249 e. The highest BCUT2D eigenvalue weighted by Gasteiger charge is 2.00. The van der Waals surface area contributed by atoms with Crippen LogP contribution in [0.5, 0.6) is 11.5 Å². The fourth-order valence-corrected chi connectivity index (χ4v) is 1.53. The van der Waals surface area contributed by atoms with Crippen molar-refractivity contribution in [3.05, 3.63) is 41.2 Å². The molecular formula is C13H13N3O2. The van der Waals surface area contributed by atoms with Crippen molar-refractivity contribution in [2.75, 3.05) is 0 Å². The molecule has 5 heteroatoms. The lowest BCUT2D eigenvalue weighted by Crippen LogP contribution is -1.90. The van der Waals surface area contributed by atoms with E-state index in [1.54, 1.807) is 6.07 Å². The van der Waals surface area contributed by atoms with E-state index in [4.69, 9.17) is 5.11 Å². The highest BCUT2D eigenvalue weighted by molar-refractivity contribution is 5.85. The Morgan fingerprint density at radius 3 is 2.33 bits per heavy atom. The van der Waals surface area contributed by atoms with E-state index in [0.717, 1.165) is 11.4 Å². The molecule has 0 bridgehead atoms. The number of aromatic nitrogens is 2. The number of hydrogen-bond acceptors (Lipinski definition) is 5. The SMILES string of the molecule is Cc1cc(C)nc(N=Cc2ccc(O)cc2O)n1. The molecule has 0 aliphatic heterocycles. The summed E-state index contributed by atoms with van der Waals surface area (Å²) >= 11 is 0. The first-order chi connectivity index (χ1) is 8.54. The van der Waals surface area contributed by atoms with Crippen LogP contribution in [0.15, 0.2) is 29.3 Å². The van der Waals surface area contributed by atoms with E-state index in [-0.39, 0.29) is 11.5 Å². The van der Waals surface area contributed by atoms with Gasteiger partial charge >= 0.3 is 0 Å². The molecule has 0 unspecified atom stereocenters. The van der Waals surface area contributed by atoms with Crippen molar-refractivity contribution in [1.29, 1.82) is 0 Å². The smallest absolute Gasteiger partial charge is 0.249 e. The second kappa shape index (κ2) is 4.83. The molecule has 1 aromatic carbocycles. The molecule has 1 heterocycles. The standard InChI is InChI=1S/C13H13N3O2/c1-8-5-9(2)16-13(15-8)14-7-10-3-4-11(17)6-12(10)18/h3-7,17-18H,1-2H3. The maximum atomic E-state index is 9.59. The van der Waals surface area contributed by atoms with Crippen LogP contribution in [0.3, 0.4) is 0 Å².